The molecule has 2 heterocycles. The average Bonchev–Trinajstić information content (AvgIpc) is 3.41. The first-order valence-electron chi connectivity index (χ1n) is 9.59. The quantitative estimate of drug-likeness (QED) is 0.475. The predicted molar refractivity (Wildman–Crippen MR) is 112 cm³/mol. The zero-order valence-corrected chi connectivity index (χ0v) is 17.6. The molecule has 2 atom stereocenters. The fourth-order valence-electron chi connectivity index (χ4n) is 3.59. The molecule has 31 heavy (non-hydrogen) atoms. The zero-order chi connectivity index (χ0) is 22.2. The Morgan fingerprint density at radius 2 is 1.94 bits per heavy atom. The second-order valence-electron chi connectivity index (χ2n) is 7.49. The molecule has 0 radical (unpaired) electrons. The Bertz CT molecular complexity index is 1210. The van der Waals surface area contributed by atoms with Gasteiger partial charge in [0.25, 0.3) is 0 Å². The Labute approximate surface area is 182 Å². The van der Waals surface area contributed by atoms with Crippen LogP contribution in [0.3, 0.4) is 0 Å². The monoisotopic (exact) mass is 443 g/mol. The van der Waals surface area contributed by atoms with Crippen LogP contribution < -0.4 is 0 Å². The summed E-state index contributed by atoms with van der Waals surface area (Å²) in [6.45, 7) is 3.52. The number of hydrogen-bond donors (Lipinski definition) is 1. The van der Waals surface area contributed by atoms with Crippen molar-refractivity contribution in [2.45, 2.75) is 32.0 Å². The van der Waals surface area contributed by atoms with E-state index < -0.39 is 23.3 Å². The molecule has 9 heteroatoms. The fraction of sp³-hybridized carbons (Fsp3) is 0.227. The van der Waals surface area contributed by atoms with E-state index in [-0.39, 0.29) is 12.1 Å². The number of rotatable bonds is 6. The van der Waals surface area contributed by atoms with Crippen LogP contribution in [0.1, 0.15) is 24.1 Å². The molecule has 4 aromatic rings. The van der Waals surface area contributed by atoms with Gasteiger partial charge in [0.1, 0.15) is 29.9 Å². The van der Waals surface area contributed by atoms with Crippen molar-refractivity contribution in [3.05, 3.63) is 89.2 Å². The molecule has 2 aromatic heterocycles. The molecular weight excluding hydrogens is 424 g/mol. The van der Waals surface area contributed by atoms with Gasteiger partial charge in [0, 0.05) is 28.4 Å². The smallest absolute Gasteiger partial charge is 0.137 e. The molecule has 2 aromatic carbocycles. The minimum Gasteiger partial charge on any atom is -0.381 e. The van der Waals surface area contributed by atoms with Crippen molar-refractivity contribution in [3.63, 3.8) is 0 Å². The first kappa shape index (κ1) is 21.1. The molecule has 0 aliphatic heterocycles. The number of nitrogens with zero attached hydrogens (tertiary/aromatic N) is 5. The van der Waals surface area contributed by atoms with Gasteiger partial charge in [-0.3, -0.25) is 4.68 Å². The maximum atomic E-state index is 14.7. The molecule has 6 nitrogen and oxygen atoms in total. The van der Waals surface area contributed by atoms with E-state index in [9.17, 15) is 13.9 Å². The summed E-state index contributed by atoms with van der Waals surface area (Å²) in [4.78, 5) is 3.88. The normalized spacial score (nSPS) is 14.4. The van der Waals surface area contributed by atoms with Crippen LogP contribution in [0.5, 0.6) is 0 Å². The van der Waals surface area contributed by atoms with Gasteiger partial charge in [-0.2, -0.15) is 10.2 Å². The minimum atomic E-state index is -1.79. The number of aryl methyl sites for hydroxylation is 1. The number of aromatic nitrogens is 5. The summed E-state index contributed by atoms with van der Waals surface area (Å²) in [6.07, 6.45) is 6.17. The highest BCUT2D eigenvalue weighted by atomic mass is 35.5. The molecule has 0 saturated heterocycles. The highest BCUT2D eigenvalue weighted by Crippen LogP contribution is 2.37. The van der Waals surface area contributed by atoms with Crippen molar-refractivity contribution in [3.8, 4) is 11.1 Å². The maximum Gasteiger partial charge on any atom is 0.137 e. The summed E-state index contributed by atoms with van der Waals surface area (Å²) in [5, 5.41) is 20.8. The van der Waals surface area contributed by atoms with E-state index in [0.717, 1.165) is 28.8 Å². The summed E-state index contributed by atoms with van der Waals surface area (Å²) in [7, 11) is 0. The molecule has 0 unspecified atom stereocenters. The van der Waals surface area contributed by atoms with Crippen molar-refractivity contribution in [2.75, 3.05) is 0 Å². The van der Waals surface area contributed by atoms with Crippen molar-refractivity contribution in [1.29, 1.82) is 0 Å². The van der Waals surface area contributed by atoms with E-state index in [4.69, 9.17) is 11.6 Å². The van der Waals surface area contributed by atoms with Gasteiger partial charge in [0.05, 0.1) is 18.8 Å². The number of halogens is 3. The SMILES string of the molecule is Cc1cc(-c2cnn([C@H](C)[C@](O)(Cn3cncn3)c3ccc(F)cc3F)c2)ccc1Cl. The van der Waals surface area contributed by atoms with Gasteiger partial charge in [-0.15, -0.1) is 0 Å². The Hall–Kier alpha value is -3.10. The summed E-state index contributed by atoms with van der Waals surface area (Å²) < 4.78 is 31.2. The Kier molecular flexibility index (Phi) is 5.60. The molecule has 0 aliphatic rings. The number of aliphatic hydroxyl groups is 1. The zero-order valence-electron chi connectivity index (χ0n) is 16.9. The molecule has 4 rings (SSSR count). The van der Waals surface area contributed by atoms with Gasteiger partial charge in [-0.1, -0.05) is 23.7 Å². The van der Waals surface area contributed by atoms with E-state index >= 15 is 0 Å². The molecule has 0 aliphatic carbocycles. The Morgan fingerprint density at radius 1 is 1.13 bits per heavy atom. The van der Waals surface area contributed by atoms with Gasteiger partial charge < -0.3 is 5.11 Å². The molecular formula is C22H20ClF2N5O. The van der Waals surface area contributed by atoms with Crippen LogP contribution in [0.25, 0.3) is 11.1 Å². The van der Waals surface area contributed by atoms with E-state index in [0.29, 0.717) is 5.02 Å². The largest absolute Gasteiger partial charge is 0.381 e. The third kappa shape index (κ3) is 4.08. The molecule has 0 fully saturated rings. The number of hydrogen-bond acceptors (Lipinski definition) is 4. The van der Waals surface area contributed by atoms with Crippen LogP contribution in [0.15, 0.2) is 61.4 Å². The first-order chi connectivity index (χ1) is 14.8. The highest BCUT2D eigenvalue weighted by Gasteiger charge is 2.40. The second kappa shape index (κ2) is 8.20. The van der Waals surface area contributed by atoms with E-state index in [1.165, 1.54) is 23.4 Å². The molecule has 0 saturated carbocycles. The molecule has 0 bridgehead atoms. The fourth-order valence-corrected chi connectivity index (χ4v) is 3.70. The third-order valence-corrected chi connectivity index (χ3v) is 5.87. The topological polar surface area (TPSA) is 68.8 Å². The van der Waals surface area contributed by atoms with Crippen LogP contribution in [0.4, 0.5) is 8.78 Å². The predicted octanol–water partition coefficient (Wildman–Crippen LogP) is 4.53. The van der Waals surface area contributed by atoms with Crippen molar-refractivity contribution in [1.82, 2.24) is 24.5 Å². The van der Waals surface area contributed by atoms with Crippen LogP contribution in [-0.4, -0.2) is 29.7 Å². The van der Waals surface area contributed by atoms with E-state index in [1.807, 2.05) is 25.1 Å². The van der Waals surface area contributed by atoms with Crippen LogP contribution in [-0.2, 0) is 12.1 Å². The Balaban J connectivity index is 1.75. The summed E-state index contributed by atoms with van der Waals surface area (Å²) in [5.74, 6) is -1.58. The second-order valence-corrected chi connectivity index (χ2v) is 7.90. The molecule has 1 N–H and O–H groups in total. The van der Waals surface area contributed by atoms with Crippen LogP contribution in [0, 0.1) is 18.6 Å². The van der Waals surface area contributed by atoms with Gasteiger partial charge in [0.15, 0.2) is 0 Å². The molecule has 0 amide bonds. The maximum absolute atomic E-state index is 14.7. The van der Waals surface area contributed by atoms with Crippen molar-refractivity contribution >= 4 is 11.6 Å². The molecule has 0 spiro atoms. The first-order valence-corrected chi connectivity index (χ1v) is 9.97. The third-order valence-electron chi connectivity index (χ3n) is 5.45. The lowest BCUT2D eigenvalue weighted by Gasteiger charge is -2.34. The lowest BCUT2D eigenvalue weighted by Crippen LogP contribution is -2.40. The standard InChI is InChI=1S/C22H20ClF2N5O/c1-14-7-16(3-6-20(14)23)17-9-27-30(10-17)15(2)22(31,11-29-13-26-12-28-29)19-5-4-18(24)8-21(19)25/h3-10,12-13,15,31H,11H2,1-2H3/t15-,22-/m1/s1. The van der Waals surface area contributed by atoms with Crippen LogP contribution in [0.2, 0.25) is 5.02 Å². The van der Waals surface area contributed by atoms with Gasteiger partial charge in [-0.05, 0) is 43.2 Å². The Morgan fingerprint density at radius 3 is 2.61 bits per heavy atom. The van der Waals surface area contributed by atoms with Crippen molar-refractivity contribution in [2.24, 2.45) is 0 Å². The van der Waals surface area contributed by atoms with E-state index in [1.54, 1.807) is 24.0 Å². The average molecular weight is 444 g/mol. The highest BCUT2D eigenvalue weighted by molar-refractivity contribution is 6.31. The van der Waals surface area contributed by atoms with Gasteiger partial charge in [0.2, 0.25) is 0 Å². The van der Waals surface area contributed by atoms with Gasteiger partial charge >= 0.3 is 0 Å². The summed E-state index contributed by atoms with van der Waals surface area (Å²) in [6, 6.07) is 8.01. The van der Waals surface area contributed by atoms with Crippen LogP contribution >= 0.6 is 11.6 Å². The number of benzene rings is 2. The summed E-state index contributed by atoms with van der Waals surface area (Å²) in [5.41, 5.74) is 0.805. The minimum absolute atomic E-state index is 0.0590. The van der Waals surface area contributed by atoms with Gasteiger partial charge in [-0.25, -0.2) is 18.4 Å². The van der Waals surface area contributed by atoms with Crippen molar-refractivity contribution < 1.29 is 13.9 Å². The lowest BCUT2D eigenvalue weighted by molar-refractivity contribution is -0.0368. The lowest BCUT2D eigenvalue weighted by atomic mass is 9.86. The summed E-state index contributed by atoms with van der Waals surface area (Å²) >= 11 is 6.12. The van der Waals surface area contributed by atoms with E-state index in [2.05, 4.69) is 15.2 Å². The molecule has 160 valence electrons.